The van der Waals surface area contributed by atoms with Crippen molar-refractivity contribution in [2.75, 3.05) is 13.2 Å². The van der Waals surface area contributed by atoms with Crippen LogP contribution in [0.15, 0.2) is 6.20 Å². The number of carboxylic acids is 1. The van der Waals surface area contributed by atoms with Crippen molar-refractivity contribution < 1.29 is 14.6 Å². The molecular weight excluding hydrogens is 222 g/mol. The predicted molar refractivity (Wildman–Crippen MR) is 60.6 cm³/mol. The summed E-state index contributed by atoms with van der Waals surface area (Å²) in [4.78, 5) is 17.8. The first-order chi connectivity index (χ1) is 8.16. The fourth-order valence-corrected chi connectivity index (χ4v) is 2.04. The van der Waals surface area contributed by atoms with Crippen LogP contribution < -0.4 is 5.73 Å². The van der Waals surface area contributed by atoms with E-state index < -0.39 is 12.0 Å². The van der Waals surface area contributed by atoms with Crippen molar-refractivity contribution in [1.29, 1.82) is 0 Å². The monoisotopic (exact) mass is 239 g/mol. The number of aromatic amines is 1. The Morgan fingerprint density at radius 2 is 2.35 bits per heavy atom. The Kier molecular flexibility index (Phi) is 3.75. The zero-order chi connectivity index (χ0) is 12.3. The van der Waals surface area contributed by atoms with Crippen LogP contribution in [0.3, 0.4) is 0 Å². The number of aromatic nitrogens is 2. The molecule has 4 N–H and O–H groups in total. The first-order valence-electron chi connectivity index (χ1n) is 5.76. The summed E-state index contributed by atoms with van der Waals surface area (Å²) in [5, 5.41) is 8.66. The molecule has 17 heavy (non-hydrogen) atoms. The van der Waals surface area contributed by atoms with Crippen LogP contribution in [-0.4, -0.2) is 34.3 Å². The third-order valence-electron chi connectivity index (χ3n) is 3.02. The molecule has 1 fully saturated rings. The fraction of sp³-hybridized carbons (Fsp3) is 0.636. The minimum atomic E-state index is -0.915. The number of nitrogens with two attached hydrogens (primary N) is 1. The second kappa shape index (κ2) is 5.29. The van der Waals surface area contributed by atoms with Gasteiger partial charge in [-0.2, -0.15) is 0 Å². The van der Waals surface area contributed by atoms with Crippen LogP contribution >= 0.6 is 0 Å². The number of aliphatic carboxylic acids is 1. The maximum Gasteiger partial charge on any atom is 0.305 e. The van der Waals surface area contributed by atoms with Gasteiger partial charge in [-0.05, 0) is 12.8 Å². The smallest absolute Gasteiger partial charge is 0.305 e. The Hall–Kier alpha value is -1.40. The zero-order valence-corrected chi connectivity index (χ0v) is 9.56. The summed E-state index contributed by atoms with van der Waals surface area (Å²) < 4.78 is 5.29. The van der Waals surface area contributed by atoms with E-state index >= 15 is 0 Å². The number of nitrogens with zero attached hydrogens (tertiary/aromatic N) is 1. The molecule has 6 heteroatoms. The first-order valence-corrected chi connectivity index (χ1v) is 5.76. The van der Waals surface area contributed by atoms with Gasteiger partial charge in [-0.3, -0.25) is 4.79 Å². The number of ether oxygens (including phenoxy) is 1. The lowest BCUT2D eigenvalue weighted by Gasteiger charge is -2.20. The molecule has 1 aliphatic rings. The Balaban J connectivity index is 2.01. The van der Waals surface area contributed by atoms with Crippen molar-refractivity contribution in [3.05, 3.63) is 17.7 Å². The zero-order valence-electron chi connectivity index (χ0n) is 9.56. The average molecular weight is 239 g/mol. The second-order valence-corrected chi connectivity index (χ2v) is 4.31. The lowest BCUT2D eigenvalue weighted by Crippen LogP contribution is -2.17. The molecule has 2 rings (SSSR count). The molecule has 0 spiro atoms. The van der Waals surface area contributed by atoms with Crippen LogP contribution in [0, 0.1) is 0 Å². The molecule has 94 valence electrons. The molecule has 0 amide bonds. The topological polar surface area (TPSA) is 101 Å². The van der Waals surface area contributed by atoms with Crippen molar-refractivity contribution >= 4 is 5.97 Å². The third kappa shape index (κ3) is 3.04. The Labute approximate surface area is 99.2 Å². The highest BCUT2D eigenvalue weighted by Crippen LogP contribution is 2.26. The minimum absolute atomic E-state index is 0.110. The summed E-state index contributed by atoms with van der Waals surface area (Å²) in [7, 11) is 0. The van der Waals surface area contributed by atoms with Crippen molar-refractivity contribution in [1.82, 2.24) is 9.97 Å². The SMILES string of the molecule is NC(CC(=O)O)c1ncc(C2CCOCC2)[nH]1. The van der Waals surface area contributed by atoms with E-state index in [1.54, 1.807) is 6.20 Å². The van der Waals surface area contributed by atoms with Crippen LogP contribution in [0.4, 0.5) is 0 Å². The van der Waals surface area contributed by atoms with E-state index in [0.29, 0.717) is 11.7 Å². The molecule has 1 aromatic heterocycles. The lowest BCUT2D eigenvalue weighted by atomic mass is 9.97. The Bertz CT molecular complexity index is 385. The van der Waals surface area contributed by atoms with E-state index in [0.717, 1.165) is 31.7 Å². The highest BCUT2D eigenvalue weighted by molar-refractivity contribution is 5.67. The van der Waals surface area contributed by atoms with Crippen LogP contribution in [0.25, 0.3) is 0 Å². The summed E-state index contributed by atoms with van der Waals surface area (Å²) in [6, 6.07) is -0.568. The number of hydrogen-bond donors (Lipinski definition) is 3. The van der Waals surface area contributed by atoms with E-state index in [1.165, 1.54) is 0 Å². The molecule has 1 atom stereocenters. The standard InChI is InChI=1S/C11H17N3O3/c12-8(5-10(15)16)11-13-6-9(14-11)7-1-3-17-4-2-7/h6-8H,1-5,12H2,(H,13,14)(H,15,16). The van der Waals surface area contributed by atoms with Gasteiger partial charge in [0.25, 0.3) is 0 Å². The summed E-state index contributed by atoms with van der Waals surface area (Å²) in [6.45, 7) is 1.53. The largest absolute Gasteiger partial charge is 0.481 e. The lowest BCUT2D eigenvalue weighted by molar-refractivity contribution is -0.137. The number of carbonyl (C=O) groups is 1. The van der Waals surface area contributed by atoms with E-state index in [2.05, 4.69) is 9.97 Å². The van der Waals surface area contributed by atoms with Gasteiger partial charge >= 0.3 is 5.97 Å². The molecule has 1 saturated heterocycles. The molecular formula is C11H17N3O3. The Morgan fingerprint density at radius 1 is 1.65 bits per heavy atom. The van der Waals surface area contributed by atoms with Gasteiger partial charge in [0.05, 0.1) is 12.5 Å². The summed E-state index contributed by atoms with van der Waals surface area (Å²) in [5.74, 6) is 0.0532. The van der Waals surface area contributed by atoms with Crippen molar-refractivity contribution in [3.63, 3.8) is 0 Å². The van der Waals surface area contributed by atoms with Gasteiger partial charge in [0, 0.05) is 31.0 Å². The van der Waals surface area contributed by atoms with Crippen LogP contribution in [0.2, 0.25) is 0 Å². The maximum absolute atomic E-state index is 10.6. The highest BCUT2D eigenvalue weighted by atomic mass is 16.5. The summed E-state index contributed by atoms with van der Waals surface area (Å²) in [6.07, 6.45) is 3.58. The third-order valence-corrected chi connectivity index (χ3v) is 3.02. The molecule has 1 unspecified atom stereocenters. The quantitative estimate of drug-likeness (QED) is 0.720. The van der Waals surface area contributed by atoms with E-state index in [1.807, 2.05) is 0 Å². The molecule has 0 aromatic carbocycles. The van der Waals surface area contributed by atoms with Gasteiger partial charge in [-0.25, -0.2) is 4.98 Å². The number of imidazole rings is 1. The van der Waals surface area contributed by atoms with Crippen molar-refractivity contribution in [3.8, 4) is 0 Å². The molecule has 2 heterocycles. The molecule has 1 aliphatic heterocycles. The van der Waals surface area contributed by atoms with Gasteiger partial charge in [-0.15, -0.1) is 0 Å². The molecule has 0 aliphatic carbocycles. The number of nitrogens with one attached hydrogen (secondary N) is 1. The normalized spacial score (nSPS) is 19.1. The number of carboxylic acid groups (broad SMARTS) is 1. The molecule has 1 aromatic rings. The van der Waals surface area contributed by atoms with Crippen LogP contribution in [0.1, 0.15) is 42.7 Å². The maximum atomic E-state index is 10.6. The van der Waals surface area contributed by atoms with Crippen LogP contribution in [-0.2, 0) is 9.53 Å². The second-order valence-electron chi connectivity index (χ2n) is 4.31. The average Bonchev–Trinajstić information content (AvgIpc) is 2.78. The number of hydrogen-bond acceptors (Lipinski definition) is 4. The van der Waals surface area contributed by atoms with Crippen molar-refractivity contribution in [2.45, 2.75) is 31.2 Å². The molecule has 6 nitrogen and oxygen atoms in total. The molecule has 0 radical (unpaired) electrons. The molecule has 0 bridgehead atoms. The van der Waals surface area contributed by atoms with Gasteiger partial charge in [0.2, 0.25) is 0 Å². The number of H-pyrrole nitrogens is 1. The first kappa shape index (κ1) is 12.1. The van der Waals surface area contributed by atoms with E-state index in [-0.39, 0.29) is 6.42 Å². The van der Waals surface area contributed by atoms with Gasteiger partial charge in [0.15, 0.2) is 0 Å². The van der Waals surface area contributed by atoms with E-state index in [4.69, 9.17) is 15.6 Å². The fourth-order valence-electron chi connectivity index (χ4n) is 2.04. The summed E-state index contributed by atoms with van der Waals surface area (Å²) >= 11 is 0. The Morgan fingerprint density at radius 3 is 3.00 bits per heavy atom. The van der Waals surface area contributed by atoms with Gasteiger partial charge in [-0.1, -0.05) is 0 Å². The highest BCUT2D eigenvalue weighted by Gasteiger charge is 2.20. The van der Waals surface area contributed by atoms with Gasteiger partial charge < -0.3 is 20.6 Å². The minimum Gasteiger partial charge on any atom is -0.481 e. The van der Waals surface area contributed by atoms with Crippen LogP contribution in [0.5, 0.6) is 0 Å². The summed E-state index contributed by atoms with van der Waals surface area (Å²) in [5.41, 5.74) is 6.77. The van der Waals surface area contributed by atoms with Gasteiger partial charge in [0.1, 0.15) is 5.82 Å². The predicted octanol–water partition coefficient (Wildman–Crippen LogP) is 0.778. The van der Waals surface area contributed by atoms with E-state index in [9.17, 15) is 4.79 Å². The molecule has 0 saturated carbocycles. The number of rotatable bonds is 4. The van der Waals surface area contributed by atoms with Crippen molar-refractivity contribution in [2.24, 2.45) is 5.73 Å².